The average molecular weight is 263 g/mol. The Labute approximate surface area is 105 Å². The van der Waals surface area contributed by atoms with Gasteiger partial charge in [0.1, 0.15) is 0 Å². The van der Waals surface area contributed by atoms with Gasteiger partial charge in [0.25, 0.3) is 0 Å². The molecule has 1 aliphatic heterocycles. The van der Waals surface area contributed by atoms with Crippen molar-refractivity contribution >= 4 is 9.84 Å². The number of sulfone groups is 1. The predicted octanol–water partition coefficient (Wildman–Crippen LogP) is 1.07. The quantitative estimate of drug-likeness (QED) is 0.746. The second-order valence-corrected chi connectivity index (χ2v) is 7.23. The van der Waals surface area contributed by atoms with E-state index in [9.17, 15) is 8.42 Å². The van der Waals surface area contributed by atoms with Crippen molar-refractivity contribution in [2.24, 2.45) is 11.8 Å². The van der Waals surface area contributed by atoms with Gasteiger partial charge in [0.05, 0.1) is 11.5 Å². The molecular formula is C12H25NO3S. The topological polar surface area (TPSA) is 55.4 Å². The summed E-state index contributed by atoms with van der Waals surface area (Å²) in [4.78, 5) is 0. The Balaban J connectivity index is 2.59. The Morgan fingerprint density at radius 3 is 2.65 bits per heavy atom. The molecule has 1 aliphatic rings. The van der Waals surface area contributed by atoms with Crippen molar-refractivity contribution < 1.29 is 13.2 Å². The lowest BCUT2D eigenvalue weighted by atomic mass is 9.87. The van der Waals surface area contributed by atoms with Gasteiger partial charge in [-0.3, -0.25) is 0 Å². The summed E-state index contributed by atoms with van der Waals surface area (Å²) in [5.74, 6) is 1.43. The van der Waals surface area contributed by atoms with Crippen molar-refractivity contribution in [1.82, 2.24) is 5.32 Å². The number of hydrogen-bond acceptors (Lipinski definition) is 4. The van der Waals surface area contributed by atoms with Crippen LogP contribution in [0.3, 0.4) is 0 Å². The van der Waals surface area contributed by atoms with Crippen LogP contribution < -0.4 is 5.32 Å². The van der Waals surface area contributed by atoms with E-state index in [1.54, 1.807) is 7.11 Å². The highest BCUT2D eigenvalue weighted by molar-refractivity contribution is 7.91. The molecule has 1 saturated heterocycles. The van der Waals surface area contributed by atoms with Crippen molar-refractivity contribution in [2.75, 3.05) is 31.8 Å². The summed E-state index contributed by atoms with van der Waals surface area (Å²) in [6.07, 6.45) is 1.78. The summed E-state index contributed by atoms with van der Waals surface area (Å²) >= 11 is 0. The molecule has 0 aliphatic carbocycles. The molecule has 0 aromatic heterocycles. The number of ether oxygens (including phenoxy) is 1. The van der Waals surface area contributed by atoms with Crippen LogP contribution in [0.15, 0.2) is 0 Å². The molecule has 0 aromatic carbocycles. The van der Waals surface area contributed by atoms with E-state index in [0.717, 1.165) is 26.0 Å². The summed E-state index contributed by atoms with van der Waals surface area (Å²) in [6, 6.07) is 0.299. The zero-order valence-corrected chi connectivity index (χ0v) is 11.9. The molecule has 1 heterocycles. The van der Waals surface area contributed by atoms with E-state index < -0.39 is 9.84 Å². The van der Waals surface area contributed by atoms with E-state index in [1.807, 2.05) is 0 Å². The molecule has 1 rings (SSSR count). The van der Waals surface area contributed by atoms with Crippen LogP contribution in [0.4, 0.5) is 0 Å². The van der Waals surface area contributed by atoms with Gasteiger partial charge >= 0.3 is 0 Å². The highest BCUT2D eigenvalue weighted by atomic mass is 32.2. The minimum atomic E-state index is -2.78. The largest absolute Gasteiger partial charge is 0.385 e. The average Bonchev–Trinajstić information content (AvgIpc) is 2.63. The van der Waals surface area contributed by atoms with E-state index in [0.29, 0.717) is 23.5 Å². The second kappa shape index (κ2) is 6.71. The Kier molecular flexibility index (Phi) is 5.89. The maximum atomic E-state index is 11.5. The van der Waals surface area contributed by atoms with Crippen LogP contribution in [-0.2, 0) is 14.6 Å². The first-order valence-corrected chi connectivity index (χ1v) is 8.25. The fraction of sp³-hybridized carbons (Fsp3) is 1.00. The number of nitrogens with one attached hydrogen (secondary N) is 1. The van der Waals surface area contributed by atoms with Crippen molar-refractivity contribution in [2.45, 2.75) is 32.7 Å². The lowest BCUT2D eigenvalue weighted by Gasteiger charge is -2.29. The van der Waals surface area contributed by atoms with Crippen LogP contribution in [0.2, 0.25) is 0 Å². The molecule has 4 nitrogen and oxygen atoms in total. The number of hydrogen-bond donors (Lipinski definition) is 1. The summed E-state index contributed by atoms with van der Waals surface area (Å²) in [7, 11) is -1.08. The van der Waals surface area contributed by atoms with Crippen LogP contribution in [0, 0.1) is 11.8 Å². The highest BCUT2D eigenvalue weighted by Crippen LogP contribution is 2.27. The predicted molar refractivity (Wildman–Crippen MR) is 69.9 cm³/mol. The lowest BCUT2D eigenvalue weighted by molar-refractivity contribution is 0.161. The molecule has 102 valence electrons. The van der Waals surface area contributed by atoms with Crippen molar-refractivity contribution in [3.8, 4) is 0 Å². The summed E-state index contributed by atoms with van der Waals surface area (Å²) in [6.45, 7) is 5.87. The molecule has 5 heteroatoms. The van der Waals surface area contributed by atoms with Crippen LogP contribution in [-0.4, -0.2) is 46.2 Å². The SMILES string of the molecule is CCNC(C(C)CCOC)C1CCS(=O)(=O)C1. The monoisotopic (exact) mass is 263 g/mol. The Hall–Kier alpha value is -0.130. The summed E-state index contributed by atoms with van der Waals surface area (Å²) in [5.41, 5.74) is 0. The first kappa shape index (κ1) is 14.9. The van der Waals surface area contributed by atoms with Gasteiger partial charge in [0.15, 0.2) is 9.84 Å². The van der Waals surface area contributed by atoms with Gasteiger partial charge in [-0.1, -0.05) is 13.8 Å². The lowest BCUT2D eigenvalue weighted by Crippen LogP contribution is -2.42. The van der Waals surface area contributed by atoms with Crippen molar-refractivity contribution in [3.63, 3.8) is 0 Å². The maximum Gasteiger partial charge on any atom is 0.150 e. The Morgan fingerprint density at radius 2 is 2.18 bits per heavy atom. The third kappa shape index (κ3) is 4.56. The van der Waals surface area contributed by atoms with Crippen LogP contribution in [0.25, 0.3) is 0 Å². The zero-order valence-electron chi connectivity index (χ0n) is 11.1. The van der Waals surface area contributed by atoms with E-state index in [-0.39, 0.29) is 5.92 Å². The molecular weight excluding hydrogens is 238 g/mol. The van der Waals surface area contributed by atoms with Crippen molar-refractivity contribution in [3.05, 3.63) is 0 Å². The molecule has 0 amide bonds. The highest BCUT2D eigenvalue weighted by Gasteiger charge is 2.35. The van der Waals surface area contributed by atoms with E-state index in [2.05, 4.69) is 19.2 Å². The smallest absolute Gasteiger partial charge is 0.150 e. The minimum Gasteiger partial charge on any atom is -0.385 e. The fourth-order valence-corrected chi connectivity index (χ4v) is 4.51. The van der Waals surface area contributed by atoms with Crippen LogP contribution >= 0.6 is 0 Å². The molecule has 0 bridgehead atoms. The van der Waals surface area contributed by atoms with Gasteiger partial charge < -0.3 is 10.1 Å². The molecule has 0 saturated carbocycles. The third-order valence-electron chi connectivity index (χ3n) is 3.61. The van der Waals surface area contributed by atoms with E-state index in [1.165, 1.54) is 0 Å². The maximum absolute atomic E-state index is 11.5. The Morgan fingerprint density at radius 1 is 1.47 bits per heavy atom. The minimum absolute atomic E-state index is 0.270. The van der Waals surface area contributed by atoms with E-state index >= 15 is 0 Å². The summed E-state index contributed by atoms with van der Waals surface area (Å²) < 4.78 is 28.2. The first-order valence-electron chi connectivity index (χ1n) is 6.43. The number of rotatable bonds is 7. The molecule has 0 aromatic rings. The molecule has 17 heavy (non-hydrogen) atoms. The standard InChI is InChI=1S/C12H25NO3S/c1-4-13-12(10(2)5-7-16-3)11-6-8-17(14,15)9-11/h10-13H,4-9H2,1-3H3. The molecule has 1 N–H and O–H groups in total. The van der Waals surface area contributed by atoms with Crippen LogP contribution in [0.5, 0.6) is 0 Å². The third-order valence-corrected chi connectivity index (χ3v) is 5.40. The fourth-order valence-electron chi connectivity index (χ4n) is 2.66. The molecule has 1 fully saturated rings. The first-order chi connectivity index (χ1) is 8.00. The van der Waals surface area contributed by atoms with Gasteiger partial charge in [-0.15, -0.1) is 0 Å². The molecule has 3 atom stereocenters. The van der Waals surface area contributed by atoms with Crippen LogP contribution in [0.1, 0.15) is 26.7 Å². The normalized spacial score (nSPS) is 26.9. The summed E-state index contributed by atoms with van der Waals surface area (Å²) in [5, 5.41) is 3.45. The van der Waals surface area contributed by atoms with Gasteiger partial charge in [-0.2, -0.15) is 0 Å². The van der Waals surface area contributed by atoms with Crippen molar-refractivity contribution in [1.29, 1.82) is 0 Å². The second-order valence-electron chi connectivity index (χ2n) is 5.01. The molecule has 0 spiro atoms. The van der Waals surface area contributed by atoms with Gasteiger partial charge in [0, 0.05) is 19.8 Å². The van der Waals surface area contributed by atoms with Gasteiger partial charge in [-0.25, -0.2) is 8.42 Å². The molecule has 3 unspecified atom stereocenters. The number of methoxy groups -OCH3 is 1. The van der Waals surface area contributed by atoms with E-state index in [4.69, 9.17) is 4.74 Å². The van der Waals surface area contributed by atoms with Gasteiger partial charge in [-0.05, 0) is 31.2 Å². The Bertz CT molecular complexity index is 316. The van der Waals surface area contributed by atoms with Gasteiger partial charge in [0.2, 0.25) is 0 Å². The zero-order chi connectivity index (χ0) is 12.9. The molecule has 0 radical (unpaired) electrons.